The Morgan fingerprint density at radius 3 is 2.66 bits per heavy atom. The first-order valence-corrected chi connectivity index (χ1v) is 12.2. The number of nitrogen functional groups attached to an aromatic ring is 1. The number of halogens is 1. The molecular formula is C16H23ClN5O5PS. The van der Waals surface area contributed by atoms with Crippen molar-refractivity contribution in [3.05, 3.63) is 11.6 Å². The smallest absolute Gasteiger partial charge is 0.327 e. The van der Waals surface area contributed by atoms with Crippen LogP contribution in [0.1, 0.15) is 26.3 Å². The van der Waals surface area contributed by atoms with E-state index < -0.39 is 30.4 Å². The number of aliphatic hydroxyl groups is 2. The SMILES string of the molecule is CCOP(=S)(OCC)OCC12C[C@@H]1[C@@H](n1cnc3c(N)nc(Cl)nc31)[C@H](O)[C@@H]2O. The molecule has 0 bridgehead atoms. The van der Waals surface area contributed by atoms with Crippen molar-refractivity contribution in [3.8, 4) is 0 Å². The predicted molar refractivity (Wildman–Crippen MR) is 110 cm³/mol. The summed E-state index contributed by atoms with van der Waals surface area (Å²) in [7, 11) is 0. The molecule has 0 radical (unpaired) electrons. The Labute approximate surface area is 177 Å². The van der Waals surface area contributed by atoms with Gasteiger partial charge in [-0.2, -0.15) is 9.97 Å². The lowest BCUT2D eigenvalue weighted by molar-refractivity contribution is -0.0295. The van der Waals surface area contributed by atoms with Gasteiger partial charge in [0.2, 0.25) is 5.28 Å². The Bertz CT molecular complexity index is 969. The average molecular weight is 464 g/mol. The van der Waals surface area contributed by atoms with Crippen molar-refractivity contribution in [1.29, 1.82) is 0 Å². The van der Waals surface area contributed by atoms with E-state index in [9.17, 15) is 10.2 Å². The van der Waals surface area contributed by atoms with E-state index in [1.165, 1.54) is 6.33 Å². The van der Waals surface area contributed by atoms with E-state index in [-0.39, 0.29) is 23.6 Å². The second-order valence-electron chi connectivity index (χ2n) is 7.23. The summed E-state index contributed by atoms with van der Waals surface area (Å²) in [6, 6.07) is -0.457. The number of anilines is 1. The topological polar surface area (TPSA) is 138 Å². The minimum absolute atomic E-state index is 0.00991. The van der Waals surface area contributed by atoms with E-state index in [2.05, 4.69) is 15.0 Å². The molecule has 13 heteroatoms. The average Bonchev–Trinajstić information content (AvgIpc) is 3.16. The number of rotatable bonds is 8. The molecule has 29 heavy (non-hydrogen) atoms. The standard InChI is InChI=1S/C16H23ClN5O5PS/c1-3-25-28(29,26-4-2)27-6-16-5-8(16)10(11(23)12(16)24)22-7-19-9-13(18)20-15(17)21-14(9)22/h7-8,10-12,23-24H,3-6H2,1-2H3,(H2,18,20,21)/t8-,10-,11+,12+,16?/m1/s1. The fourth-order valence-corrected chi connectivity index (χ4v) is 6.50. The first kappa shape index (κ1) is 21.3. The molecule has 2 aromatic rings. The lowest BCUT2D eigenvalue weighted by Gasteiger charge is -2.26. The van der Waals surface area contributed by atoms with Gasteiger partial charge >= 0.3 is 6.72 Å². The van der Waals surface area contributed by atoms with E-state index in [1.807, 2.05) is 13.8 Å². The Hall–Kier alpha value is -0.910. The van der Waals surface area contributed by atoms with Crippen LogP contribution in [0.3, 0.4) is 0 Å². The molecule has 2 aliphatic carbocycles. The van der Waals surface area contributed by atoms with Crippen LogP contribution in [-0.4, -0.2) is 61.8 Å². The molecule has 1 unspecified atom stereocenters. The molecule has 5 atom stereocenters. The highest BCUT2D eigenvalue weighted by atomic mass is 35.5. The lowest BCUT2D eigenvalue weighted by Crippen LogP contribution is -2.36. The van der Waals surface area contributed by atoms with Crippen molar-refractivity contribution >= 4 is 47.1 Å². The van der Waals surface area contributed by atoms with E-state index >= 15 is 0 Å². The van der Waals surface area contributed by atoms with Crippen LogP contribution in [0, 0.1) is 11.3 Å². The summed E-state index contributed by atoms with van der Waals surface area (Å²) < 4.78 is 18.6. The van der Waals surface area contributed by atoms with Gasteiger partial charge in [0, 0.05) is 5.41 Å². The summed E-state index contributed by atoms with van der Waals surface area (Å²) in [5.74, 6) is 0.0952. The zero-order valence-electron chi connectivity index (χ0n) is 15.9. The maximum atomic E-state index is 10.8. The van der Waals surface area contributed by atoms with Crippen molar-refractivity contribution < 1.29 is 23.8 Å². The summed E-state index contributed by atoms with van der Waals surface area (Å²) in [5, 5.41) is 21.6. The first-order valence-electron chi connectivity index (χ1n) is 9.31. The number of fused-ring (bicyclic) bond motifs is 2. The Morgan fingerprint density at radius 1 is 1.31 bits per heavy atom. The van der Waals surface area contributed by atoms with Crippen molar-refractivity contribution in [1.82, 2.24) is 19.5 Å². The number of nitrogens with zero attached hydrogens (tertiary/aromatic N) is 4. The third kappa shape index (κ3) is 3.47. The Balaban J connectivity index is 1.60. The fraction of sp³-hybridized carbons (Fsp3) is 0.688. The lowest BCUT2D eigenvalue weighted by atomic mass is 10.0. The van der Waals surface area contributed by atoms with E-state index in [0.29, 0.717) is 30.8 Å². The van der Waals surface area contributed by atoms with Gasteiger partial charge < -0.3 is 34.1 Å². The van der Waals surface area contributed by atoms with Gasteiger partial charge in [-0.3, -0.25) is 0 Å². The van der Waals surface area contributed by atoms with Crippen molar-refractivity contribution in [2.75, 3.05) is 25.6 Å². The molecule has 4 rings (SSSR count). The van der Waals surface area contributed by atoms with Crippen LogP contribution in [0.15, 0.2) is 6.33 Å². The first-order chi connectivity index (χ1) is 13.8. The van der Waals surface area contributed by atoms with E-state index in [1.54, 1.807) is 4.57 Å². The molecule has 160 valence electrons. The Kier molecular flexibility index (Phi) is 5.63. The number of imidazole rings is 1. The van der Waals surface area contributed by atoms with Crippen molar-refractivity contribution in [2.24, 2.45) is 11.3 Å². The fourth-order valence-electron chi connectivity index (χ4n) is 4.28. The maximum Gasteiger partial charge on any atom is 0.327 e. The number of hydrogen-bond acceptors (Lipinski definition) is 10. The number of nitrogens with two attached hydrogens (primary N) is 1. The molecular weight excluding hydrogens is 441 g/mol. The number of hydrogen-bond donors (Lipinski definition) is 3. The van der Waals surface area contributed by atoms with Crippen molar-refractivity contribution in [3.63, 3.8) is 0 Å². The zero-order valence-corrected chi connectivity index (χ0v) is 18.4. The van der Waals surface area contributed by atoms with Gasteiger partial charge in [-0.05, 0) is 49.6 Å². The summed E-state index contributed by atoms with van der Waals surface area (Å²) in [4.78, 5) is 12.4. The van der Waals surface area contributed by atoms with Crippen LogP contribution in [0.25, 0.3) is 11.2 Å². The highest BCUT2D eigenvalue weighted by Gasteiger charge is 2.72. The monoisotopic (exact) mass is 463 g/mol. The quantitative estimate of drug-likeness (QED) is 0.391. The maximum absolute atomic E-state index is 10.8. The second kappa shape index (κ2) is 7.65. The summed E-state index contributed by atoms with van der Waals surface area (Å²) >= 11 is 11.4. The van der Waals surface area contributed by atoms with Gasteiger partial charge in [0.1, 0.15) is 11.6 Å². The second-order valence-corrected chi connectivity index (χ2v) is 10.6. The predicted octanol–water partition coefficient (Wildman–Crippen LogP) is 1.66. The van der Waals surface area contributed by atoms with Gasteiger partial charge in [0.05, 0.1) is 38.3 Å². The summed E-state index contributed by atoms with van der Waals surface area (Å²) in [5.41, 5.74) is 6.05. The minimum atomic E-state index is -2.90. The zero-order chi connectivity index (χ0) is 21.0. The van der Waals surface area contributed by atoms with Crippen LogP contribution in [0.4, 0.5) is 5.82 Å². The van der Waals surface area contributed by atoms with Crippen LogP contribution in [0.2, 0.25) is 5.28 Å². The number of aliphatic hydroxyl groups excluding tert-OH is 2. The van der Waals surface area contributed by atoms with Gasteiger partial charge in [0.25, 0.3) is 0 Å². The van der Waals surface area contributed by atoms with Crippen LogP contribution < -0.4 is 5.73 Å². The molecule has 2 saturated carbocycles. The van der Waals surface area contributed by atoms with Gasteiger partial charge in [-0.15, -0.1) is 0 Å². The molecule has 0 spiro atoms. The molecule has 2 aliphatic rings. The molecule has 0 aliphatic heterocycles. The van der Waals surface area contributed by atoms with Gasteiger partial charge in [0.15, 0.2) is 11.5 Å². The van der Waals surface area contributed by atoms with Crippen LogP contribution >= 0.6 is 18.3 Å². The molecule has 2 fully saturated rings. The molecule has 2 heterocycles. The number of aromatic nitrogens is 4. The molecule has 4 N–H and O–H groups in total. The minimum Gasteiger partial charge on any atom is -0.390 e. The summed E-state index contributed by atoms with van der Waals surface area (Å²) in [6.07, 6.45) is 0.141. The Morgan fingerprint density at radius 2 is 2.00 bits per heavy atom. The largest absolute Gasteiger partial charge is 0.390 e. The van der Waals surface area contributed by atoms with Crippen LogP contribution in [0.5, 0.6) is 0 Å². The van der Waals surface area contributed by atoms with E-state index in [0.717, 1.165) is 0 Å². The third-order valence-corrected chi connectivity index (χ3v) is 8.37. The third-order valence-electron chi connectivity index (χ3n) is 5.66. The van der Waals surface area contributed by atoms with Crippen molar-refractivity contribution in [2.45, 2.75) is 38.5 Å². The summed E-state index contributed by atoms with van der Waals surface area (Å²) in [6.45, 7) is 1.59. The molecule has 10 nitrogen and oxygen atoms in total. The van der Waals surface area contributed by atoms with Crippen LogP contribution in [-0.2, 0) is 25.4 Å². The van der Waals surface area contributed by atoms with E-state index in [4.69, 9.17) is 42.7 Å². The normalized spacial score (nSPS) is 31.3. The highest BCUT2D eigenvalue weighted by molar-refractivity contribution is 8.07. The highest BCUT2D eigenvalue weighted by Crippen LogP contribution is 2.69. The van der Waals surface area contributed by atoms with Gasteiger partial charge in [-0.1, -0.05) is 0 Å². The molecule has 0 aromatic carbocycles. The van der Waals surface area contributed by atoms with Gasteiger partial charge in [-0.25, -0.2) is 4.98 Å². The molecule has 0 saturated heterocycles. The molecule has 0 amide bonds. The molecule has 2 aromatic heterocycles.